The second kappa shape index (κ2) is 6.79. The highest BCUT2D eigenvalue weighted by molar-refractivity contribution is 6.74. The molecule has 1 aromatic heterocycles. The number of fused-ring (bicyclic) bond motifs is 1. The zero-order chi connectivity index (χ0) is 17.3. The highest BCUT2D eigenvalue weighted by atomic mass is 28.4. The van der Waals surface area contributed by atoms with E-state index in [4.69, 9.17) is 4.43 Å². The Balaban J connectivity index is 1.93. The standard InChI is InChI=1S/C19H31NO2Si/c1-19(2,3)23(5,6)22-14-16(21)12-11-15-13-20(4)18-10-8-7-9-17(15)18/h7-10,13,16,21H,11-12,14H2,1-6H3. The van der Waals surface area contributed by atoms with Gasteiger partial charge < -0.3 is 14.1 Å². The number of rotatable bonds is 6. The van der Waals surface area contributed by atoms with Crippen LogP contribution in [0.5, 0.6) is 0 Å². The number of hydrogen-bond donors (Lipinski definition) is 1. The molecule has 0 aliphatic heterocycles. The first-order valence-corrected chi connectivity index (χ1v) is 11.4. The van der Waals surface area contributed by atoms with Crippen molar-refractivity contribution in [3.8, 4) is 0 Å². The molecule has 0 saturated heterocycles. The van der Waals surface area contributed by atoms with Gasteiger partial charge in [0.05, 0.1) is 12.7 Å². The molecule has 1 N–H and O–H groups in total. The van der Waals surface area contributed by atoms with Crippen molar-refractivity contribution in [1.82, 2.24) is 4.57 Å². The molecule has 0 bridgehead atoms. The molecule has 0 saturated carbocycles. The molecule has 4 heteroatoms. The zero-order valence-electron chi connectivity index (χ0n) is 15.4. The van der Waals surface area contributed by atoms with Gasteiger partial charge in [-0.1, -0.05) is 39.0 Å². The van der Waals surface area contributed by atoms with Gasteiger partial charge in [0.15, 0.2) is 8.32 Å². The molecule has 3 nitrogen and oxygen atoms in total. The van der Waals surface area contributed by atoms with Gasteiger partial charge >= 0.3 is 0 Å². The third-order valence-corrected chi connectivity index (χ3v) is 9.67. The summed E-state index contributed by atoms with van der Waals surface area (Å²) in [5, 5.41) is 11.8. The number of aliphatic hydroxyl groups excluding tert-OH is 1. The summed E-state index contributed by atoms with van der Waals surface area (Å²) in [7, 11) is 0.293. The maximum atomic E-state index is 10.3. The Labute approximate surface area is 141 Å². The van der Waals surface area contributed by atoms with Crippen LogP contribution < -0.4 is 0 Å². The largest absolute Gasteiger partial charge is 0.414 e. The van der Waals surface area contributed by atoms with Gasteiger partial charge in [0.2, 0.25) is 0 Å². The van der Waals surface area contributed by atoms with Gasteiger partial charge in [-0.05, 0) is 42.6 Å². The molecule has 2 aromatic rings. The van der Waals surface area contributed by atoms with Gasteiger partial charge in [-0.3, -0.25) is 0 Å². The SMILES string of the molecule is Cn1cc(CCC(O)CO[Si](C)(C)C(C)(C)C)c2ccccc21. The summed E-state index contributed by atoms with van der Waals surface area (Å²) in [6.45, 7) is 11.6. The Kier molecular flexibility index (Phi) is 5.39. The van der Waals surface area contributed by atoms with Crippen molar-refractivity contribution >= 4 is 19.2 Å². The van der Waals surface area contributed by atoms with Crippen molar-refractivity contribution in [2.75, 3.05) is 6.61 Å². The fraction of sp³-hybridized carbons (Fsp3) is 0.579. The lowest BCUT2D eigenvalue weighted by atomic mass is 10.1. The number of aromatic nitrogens is 1. The van der Waals surface area contributed by atoms with E-state index in [1.807, 2.05) is 0 Å². The summed E-state index contributed by atoms with van der Waals surface area (Å²) < 4.78 is 8.28. The van der Waals surface area contributed by atoms with Crippen LogP contribution in [0.25, 0.3) is 10.9 Å². The number of nitrogens with zero attached hydrogens (tertiary/aromatic N) is 1. The van der Waals surface area contributed by atoms with E-state index in [2.05, 4.69) is 75.9 Å². The van der Waals surface area contributed by atoms with Crippen LogP contribution in [0.15, 0.2) is 30.5 Å². The average Bonchev–Trinajstić information content (AvgIpc) is 2.79. The summed E-state index contributed by atoms with van der Waals surface area (Å²) in [5.74, 6) is 0. The molecule has 1 aromatic carbocycles. The molecule has 128 valence electrons. The molecule has 0 amide bonds. The molecule has 0 fully saturated rings. The molecule has 0 aliphatic rings. The zero-order valence-corrected chi connectivity index (χ0v) is 16.4. The fourth-order valence-corrected chi connectivity index (χ4v) is 3.59. The topological polar surface area (TPSA) is 34.4 Å². The first-order chi connectivity index (χ1) is 10.6. The Morgan fingerprint density at radius 3 is 2.52 bits per heavy atom. The number of aliphatic hydroxyl groups is 1. The lowest BCUT2D eigenvalue weighted by Crippen LogP contribution is -2.42. The number of hydrogen-bond acceptors (Lipinski definition) is 2. The van der Waals surface area contributed by atoms with E-state index < -0.39 is 14.4 Å². The van der Waals surface area contributed by atoms with Crippen LogP contribution >= 0.6 is 0 Å². The Morgan fingerprint density at radius 1 is 1.22 bits per heavy atom. The minimum atomic E-state index is -1.78. The maximum absolute atomic E-state index is 10.3. The van der Waals surface area contributed by atoms with E-state index in [0.717, 1.165) is 12.8 Å². The lowest BCUT2D eigenvalue weighted by molar-refractivity contribution is 0.0932. The number of aryl methyl sites for hydroxylation is 2. The van der Waals surface area contributed by atoms with Crippen LogP contribution in [0.2, 0.25) is 18.1 Å². The lowest BCUT2D eigenvalue weighted by Gasteiger charge is -2.36. The summed E-state index contributed by atoms with van der Waals surface area (Å²) in [5.41, 5.74) is 2.55. The van der Waals surface area contributed by atoms with Gasteiger partial charge in [0, 0.05) is 24.1 Å². The highest BCUT2D eigenvalue weighted by Crippen LogP contribution is 2.36. The number of benzene rings is 1. The smallest absolute Gasteiger partial charge is 0.192 e. The Hall–Kier alpha value is -1.10. The van der Waals surface area contributed by atoms with Crippen LogP contribution in [-0.4, -0.2) is 30.7 Å². The minimum absolute atomic E-state index is 0.183. The predicted molar refractivity (Wildman–Crippen MR) is 100 cm³/mol. The molecule has 1 atom stereocenters. The quantitative estimate of drug-likeness (QED) is 0.790. The summed E-state index contributed by atoms with van der Waals surface area (Å²) >= 11 is 0. The molecule has 1 unspecified atom stereocenters. The Bertz CT molecular complexity index is 655. The molecular weight excluding hydrogens is 302 g/mol. The average molecular weight is 334 g/mol. The monoisotopic (exact) mass is 333 g/mol. The molecule has 1 heterocycles. The van der Waals surface area contributed by atoms with Gasteiger partial charge in [-0.15, -0.1) is 0 Å². The van der Waals surface area contributed by atoms with E-state index >= 15 is 0 Å². The van der Waals surface area contributed by atoms with Gasteiger partial charge in [-0.2, -0.15) is 0 Å². The fourth-order valence-electron chi connectivity index (χ4n) is 2.55. The molecule has 23 heavy (non-hydrogen) atoms. The van der Waals surface area contributed by atoms with Crippen molar-refractivity contribution < 1.29 is 9.53 Å². The van der Waals surface area contributed by atoms with E-state index in [9.17, 15) is 5.11 Å². The van der Waals surface area contributed by atoms with Crippen LogP contribution in [-0.2, 0) is 17.9 Å². The number of para-hydroxylation sites is 1. The third kappa shape index (κ3) is 4.25. The second-order valence-corrected chi connectivity index (χ2v) is 12.9. The molecule has 0 spiro atoms. The van der Waals surface area contributed by atoms with Crippen LogP contribution in [0.4, 0.5) is 0 Å². The predicted octanol–water partition coefficient (Wildman–Crippen LogP) is 4.49. The maximum Gasteiger partial charge on any atom is 0.192 e. The summed E-state index contributed by atoms with van der Waals surface area (Å²) in [4.78, 5) is 0. The van der Waals surface area contributed by atoms with Crippen molar-refractivity contribution in [2.45, 2.75) is 57.8 Å². The first-order valence-electron chi connectivity index (χ1n) is 8.47. The normalized spacial score (nSPS) is 14.4. The third-order valence-electron chi connectivity index (χ3n) is 5.17. The van der Waals surface area contributed by atoms with E-state index in [0.29, 0.717) is 6.61 Å². The van der Waals surface area contributed by atoms with Crippen LogP contribution in [0.1, 0.15) is 32.8 Å². The van der Waals surface area contributed by atoms with Crippen molar-refractivity contribution in [3.63, 3.8) is 0 Å². The molecule has 0 radical (unpaired) electrons. The van der Waals surface area contributed by atoms with E-state index in [1.165, 1.54) is 16.5 Å². The van der Waals surface area contributed by atoms with Crippen LogP contribution in [0, 0.1) is 0 Å². The van der Waals surface area contributed by atoms with Gasteiger partial charge in [0.25, 0.3) is 0 Å². The van der Waals surface area contributed by atoms with Crippen molar-refractivity contribution in [1.29, 1.82) is 0 Å². The van der Waals surface area contributed by atoms with Gasteiger partial charge in [0.1, 0.15) is 0 Å². The molecule has 2 rings (SSSR count). The summed E-state index contributed by atoms with van der Waals surface area (Å²) in [6.07, 6.45) is 3.39. The van der Waals surface area contributed by atoms with Crippen molar-refractivity contribution in [3.05, 3.63) is 36.0 Å². The minimum Gasteiger partial charge on any atom is -0.414 e. The van der Waals surface area contributed by atoms with Gasteiger partial charge in [-0.25, -0.2) is 0 Å². The molecular formula is C19H31NO2Si. The Morgan fingerprint density at radius 2 is 1.87 bits per heavy atom. The first kappa shape index (κ1) is 18.2. The highest BCUT2D eigenvalue weighted by Gasteiger charge is 2.37. The summed E-state index contributed by atoms with van der Waals surface area (Å²) in [6, 6.07) is 8.43. The van der Waals surface area contributed by atoms with E-state index in [-0.39, 0.29) is 5.04 Å². The van der Waals surface area contributed by atoms with Crippen LogP contribution in [0.3, 0.4) is 0 Å². The second-order valence-electron chi connectivity index (χ2n) is 8.05. The molecule has 0 aliphatic carbocycles. The van der Waals surface area contributed by atoms with Crippen molar-refractivity contribution in [2.24, 2.45) is 7.05 Å². The van der Waals surface area contributed by atoms with E-state index in [1.54, 1.807) is 0 Å².